The van der Waals surface area contributed by atoms with Gasteiger partial charge in [0.05, 0.1) is 28.4 Å². The lowest BCUT2D eigenvalue weighted by atomic mass is 9.83. The Balaban J connectivity index is 1.78. The molecule has 0 radical (unpaired) electrons. The topological polar surface area (TPSA) is 36.9 Å². The minimum Gasteiger partial charge on any atom is -0.493 e. The Kier molecular flexibility index (Phi) is 6.32. The molecule has 0 amide bonds. The molecule has 7 aromatic carbocycles. The normalized spacial score (nSPS) is 11.3. The molecular weight excluding hydrogens is 520 g/mol. The predicted octanol–water partition coefficient (Wildman–Crippen LogP) is 9.67. The molecule has 4 heteroatoms. The van der Waals surface area contributed by atoms with Gasteiger partial charge in [0.2, 0.25) is 0 Å². The van der Waals surface area contributed by atoms with Crippen molar-refractivity contribution in [2.24, 2.45) is 0 Å². The molecule has 0 heterocycles. The van der Waals surface area contributed by atoms with E-state index >= 15 is 0 Å². The van der Waals surface area contributed by atoms with Crippen molar-refractivity contribution in [2.45, 2.75) is 0 Å². The Morgan fingerprint density at radius 1 is 0.333 bits per heavy atom. The first-order chi connectivity index (χ1) is 20.7. The summed E-state index contributed by atoms with van der Waals surface area (Å²) in [6, 6.07) is 38.4. The molecule has 4 nitrogen and oxygen atoms in total. The maximum atomic E-state index is 5.86. The van der Waals surface area contributed by atoms with Crippen LogP contribution in [0, 0.1) is 0 Å². The summed E-state index contributed by atoms with van der Waals surface area (Å²) in [5, 5.41) is 8.94. The fraction of sp³-hybridized carbons (Fsp3) is 0.105. The molecule has 0 spiro atoms. The maximum absolute atomic E-state index is 5.86. The molecule has 0 saturated heterocycles. The van der Waals surface area contributed by atoms with E-state index in [1.165, 1.54) is 21.5 Å². The summed E-state index contributed by atoms with van der Waals surface area (Å²) in [5.41, 5.74) is 4.46. The van der Waals surface area contributed by atoms with Gasteiger partial charge in [-0.05, 0) is 89.6 Å². The van der Waals surface area contributed by atoms with Crippen molar-refractivity contribution < 1.29 is 18.9 Å². The third-order valence-corrected chi connectivity index (χ3v) is 8.24. The van der Waals surface area contributed by atoms with Gasteiger partial charge >= 0.3 is 0 Å². The van der Waals surface area contributed by atoms with E-state index in [0.717, 1.165) is 43.8 Å². The molecule has 0 atom stereocenters. The van der Waals surface area contributed by atoms with Crippen LogP contribution in [0.2, 0.25) is 0 Å². The van der Waals surface area contributed by atoms with E-state index in [1.807, 2.05) is 0 Å². The van der Waals surface area contributed by atoms with Gasteiger partial charge in [-0.1, -0.05) is 84.9 Å². The second-order valence-corrected chi connectivity index (χ2v) is 10.3. The van der Waals surface area contributed by atoms with Crippen LogP contribution < -0.4 is 18.9 Å². The summed E-state index contributed by atoms with van der Waals surface area (Å²) >= 11 is 0. The van der Waals surface area contributed by atoms with Crippen LogP contribution in [0.1, 0.15) is 0 Å². The van der Waals surface area contributed by atoms with E-state index in [-0.39, 0.29) is 0 Å². The zero-order chi connectivity index (χ0) is 28.8. The fourth-order valence-electron chi connectivity index (χ4n) is 6.34. The third-order valence-electron chi connectivity index (χ3n) is 8.24. The van der Waals surface area contributed by atoms with Crippen LogP contribution in [0.5, 0.6) is 23.0 Å². The van der Waals surface area contributed by atoms with Crippen molar-refractivity contribution in [3.63, 3.8) is 0 Å². The monoisotopic (exact) mass is 550 g/mol. The standard InChI is InChI=1S/C38H30O4/c1-39-33-19-29-30(20-34(33)40-2)38(28-18-10-14-24-12-6-8-16-26(24)28)32-22-36(42-4)35(41-3)21-31(32)37(29)27-17-9-13-23-11-5-7-15-25(23)27/h5-22H,1-4H3. The smallest absolute Gasteiger partial charge is 0.161 e. The van der Waals surface area contributed by atoms with E-state index < -0.39 is 0 Å². The molecule has 0 aliphatic heterocycles. The molecule has 0 N–H and O–H groups in total. The average Bonchev–Trinajstić information content (AvgIpc) is 3.05. The van der Waals surface area contributed by atoms with Gasteiger partial charge in [-0.25, -0.2) is 0 Å². The second-order valence-electron chi connectivity index (χ2n) is 10.3. The molecule has 0 fully saturated rings. The first kappa shape index (κ1) is 25.7. The molecule has 7 aromatic rings. The van der Waals surface area contributed by atoms with E-state index in [0.29, 0.717) is 23.0 Å². The van der Waals surface area contributed by atoms with Gasteiger partial charge in [-0.2, -0.15) is 0 Å². The lowest BCUT2D eigenvalue weighted by Gasteiger charge is -2.22. The van der Waals surface area contributed by atoms with Crippen molar-refractivity contribution in [3.8, 4) is 45.3 Å². The van der Waals surface area contributed by atoms with Crippen molar-refractivity contribution in [3.05, 3.63) is 109 Å². The highest BCUT2D eigenvalue weighted by molar-refractivity contribution is 6.26. The maximum Gasteiger partial charge on any atom is 0.161 e. The third kappa shape index (κ3) is 3.91. The SMILES string of the molecule is COc1cc2c(-c3cccc4ccccc34)c3cc(OC)c(OC)cc3c(-c3cccc4ccccc34)c2cc1OC. The minimum atomic E-state index is 0.676. The van der Waals surface area contributed by atoms with Crippen LogP contribution >= 0.6 is 0 Å². The van der Waals surface area contributed by atoms with Gasteiger partial charge < -0.3 is 18.9 Å². The molecular formula is C38H30O4. The number of methoxy groups -OCH3 is 4. The summed E-state index contributed by atoms with van der Waals surface area (Å²) in [5.74, 6) is 2.70. The van der Waals surface area contributed by atoms with E-state index in [2.05, 4.69) is 109 Å². The number of ether oxygens (including phenoxy) is 4. The Morgan fingerprint density at radius 3 is 0.976 bits per heavy atom. The second kappa shape index (κ2) is 10.3. The number of benzene rings is 7. The number of hydrogen-bond donors (Lipinski definition) is 0. The molecule has 0 aliphatic carbocycles. The van der Waals surface area contributed by atoms with Crippen molar-refractivity contribution >= 4 is 43.1 Å². The van der Waals surface area contributed by atoms with E-state index in [1.54, 1.807) is 28.4 Å². The van der Waals surface area contributed by atoms with Crippen molar-refractivity contribution in [1.82, 2.24) is 0 Å². The van der Waals surface area contributed by atoms with E-state index in [9.17, 15) is 0 Å². The fourth-order valence-corrected chi connectivity index (χ4v) is 6.34. The van der Waals surface area contributed by atoms with Gasteiger partial charge in [0.1, 0.15) is 0 Å². The van der Waals surface area contributed by atoms with Crippen LogP contribution in [0.25, 0.3) is 65.3 Å². The Labute approximate surface area is 244 Å². The Bertz CT molecular complexity index is 1910. The van der Waals surface area contributed by atoms with E-state index in [4.69, 9.17) is 18.9 Å². The minimum absolute atomic E-state index is 0.676. The van der Waals surface area contributed by atoms with Gasteiger partial charge in [0.25, 0.3) is 0 Å². The summed E-state index contributed by atoms with van der Waals surface area (Å²) in [7, 11) is 6.73. The number of fused-ring (bicyclic) bond motifs is 4. The predicted molar refractivity (Wildman–Crippen MR) is 174 cm³/mol. The molecule has 0 unspecified atom stereocenters. The van der Waals surface area contributed by atoms with Gasteiger partial charge in [0.15, 0.2) is 23.0 Å². The Hall–Kier alpha value is -5.22. The lowest BCUT2D eigenvalue weighted by Crippen LogP contribution is -1.97. The highest BCUT2D eigenvalue weighted by Gasteiger charge is 2.23. The first-order valence-corrected chi connectivity index (χ1v) is 13.9. The average molecular weight is 551 g/mol. The first-order valence-electron chi connectivity index (χ1n) is 13.9. The van der Waals surface area contributed by atoms with Crippen LogP contribution in [-0.2, 0) is 0 Å². The number of hydrogen-bond acceptors (Lipinski definition) is 4. The quantitative estimate of drug-likeness (QED) is 0.193. The number of rotatable bonds is 6. The van der Waals surface area contributed by atoms with Crippen molar-refractivity contribution in [1.29, 1.82) is 0 Å². The largest absolute Gasteiger partial charge is 0.493 e. The van der Waals surface area contributed by atoms with Crippen LogP contribution in [0.4, 0.5) is 0 Å². The highest BCUT2D eigenvalue weighted by Crippen LogP contribution is 2.51. The lowest BCUT2D eigenvalue weighted by molar-refractivity contribution is 0.355. The molecule has 0 aliphatic rings. The van der Waals surface area contributed by atoms with Crippen molar-refractivity contribution in [2.75, 3.05) is 28.4 Å². The summed E-state index contributed by atoms with van der Waals surface area (Å²) < 4.78 is 23.4. The summed E-state index contributed by atoms with van der Waals surface area (Å²) in [4.78, 5) is 0. The molecule has 0 bridgehead atoms. The van der Waals surface area contributed by atoms with Crippen LogP contribution in [-0.4, -0.2) is 28.4 Å². The summed E-state index contributed by atoms with van der Waals surface area (Å²) in [6.45, 7) is 0. The summed E-state index contributed by atoms with van der Waals surface area (Å²) in [6.07, 6.45) is 0. The van der Waals surface area contributed by atoms with Crippen LogP contribution in [0.3, 0.4) is 0 Å². The Morgan fingerprint density at radius 2 is 0.643 bits per heavy atom. The zero-order valence-corrected chi connectivity index (χ0v) is 24.0. The highest BCUT2D eigenvalue weighted by atomic mass is 16.5. The van der Waals surface area contributed by atoms with Gasteiger partial charge in [-0.3, -0.25) is 0 Å². The molecule has 0 saturated carbocycles. The molecule has 7 rings (SSSR count). The molecule has 42 heavy (non-hydrogen) atoms. The van der Waals surface area contributed by atoms with Gasteiger partial charge in [0, 0.05) is 0 Å². The van der Waals surface area contributed by atoms with Crippen LogP contribution in [0.15, 0.2) is 109 Å². The zero-order valence-electron chi connectivity index (χ0n) is 24.0. The molecule has 0 aromatic heterocycles. The molecule has 206 valence electrons. The van der Waals surface area contributed by atoms with Gasteiger partial charge in [-0.15, -0.1) is 0 Å².